The Morgan fingerprint density at radius 2 is 2.14 bits per heavy atom. The maximum absolute atomic E-state index is 6.04. The number of nitrogens with one attached hydrogen (secondary N) is 2. The number of hydrogen-bond donors (Lipinski definition) is 2. The van der Waals surface area contributed by atoms with Crippen molar-refractivity contribution in [2.45, 2.75) is 31.3 Å². The Balaban J connectivity index is 1.45. The molecule has 2 aliphatic heterocycles. The lowest BCUT2D eigenvalue weighted by molar-refractivity contribution is -0.0940. The van der Waals surface area contributed by atoms with E-state index in [0.29, 0.717) is 18.8 Å². The predicted octanol–water partition coefficient (Wildman–Crippen LogP) is 2.98. The average molecular weight is 295 g/mol. The highest BCUT2D eigenvalue weighted by atomic mass is 16.6. The fourth-order valence-corrected chi connectivity index (χ4v) is 3.13. The molecule has 0 bridgehead atoms. The van der Waals surface area contributed by atoms with Crippen molar-refractivity contribution in [3.63, 3.8) is 0 Å². The van der Waals surface area contributed by atoms with Gasteiger partial charge in [0.25, 0.3) is 0 Å². The van der Waals surface area contributed by atoms with Crippen LogP contribution < -0.4 is 10.6 Å². The molecule has 22 heavy (non-hydrogen) atoms. The van der Waals surface area contributed by atoms with Crippen LogP contribution in [0.25, 0.3) is 0 Å². The Kier molecular flexibility index (Phi) is 2.65. The lowest BCUT2D eigenvalue weighted by Gasteiger charge is -2.23. The van der Waals surface area contributed by atoms with E-state index in [1.54, 1.807) is 0 Å². The van der Waals surface area contributed by atoms with Crippen molar-refractivity contribution < 1.29 is 9.47 Å². The van der Waals surface area contributed by atoms with Crippen LogP contribution in [0.5, 0.6) is 0 Å². The molecule has 2 fully saturated rings. The molecule has 1 saturated heterocycles. The first-order chi connectivity index (χ1) is 10.9. The first-order valence-corrected chi connectivity index (χ1v) is 7.72. The summed E-state index contributed by atoms with van der Waals surface area (Å²) in [5.41, 5.74) is 4.45. The number of fused-ring (bicyclic) bond motifs is 3. The van der Waals surface area contributed by atoms with Crippen LogP contribution in [0.15, 0.2) is 36.5 Å². The van der Waals surface area contributed by atoms with Gasteiger partial charge in [0.05, 0.1) is 30.2 Å². The van der Waals surface area contributed by atoms with Crippen LogP contribution in [-0.2, 0) is 16.0 Å². The summed E-state index contributed by atoms with van der Waals surface area (Å²) in [7, 11) is 0. The largest absolute Gasteiger partial charge is 0.379 e. The van der Waals surface area contributed by atoms with Crippen LogP contribution in [0.3, 0.4) is 0 Å². The second-order valence-corrected chi connectivity index (χ2v) is 6.07. The Morgan fingerprint density at radius 3 is 3.09 bits per heavy atom. The van der Waals surface area contributed by atoms with Crippen molar-refractivity contribution in [3.05, 3.63) is 47.7 Å². The van der Waals surface area contributed by atoms with Crippen LogP contribution in [-0.4, -0.2) is 23.8 Å². The Hall–Kier alpha value is -2.11. The van der Waals surface area contributed by atoms with Crippen molar-refractivity contribution in [1.82, 2.24) is 4.98 Å². The summed E-state index contributed by atoms with van der Waals surface area (Å²) in [5.74, 6) is 0.916. The molecule has 1 aromatic heterocycles. The van der Waals surface area contributed by atoms with E-state index in [1.807, 2.05) is 12.3 Å². The number of ether oxygens (including phenoxy) is 2. The zero-order valence-electron chi connectivity index (χ0n) is 12.1. The first-order valence-electron chi connectivity index (χ1n) is 7.72. The van der Waals surface area contributed by atoms with E-state index >= 15 is 0 Å². The fourth-order valence-electron chi connectivity index (χ4n) is 3.13. The second-order valence-electron chi connectivity index (χ2n) is 6.07. The van der Waals surface area contributed by atoms with Gasteiger partial charge in [-0.15, -0.1) is 0 Å². The normalized spacial score (nSPS) is 28.3. The molecular formula is C17H17N3O2. The number of aromatic nitrogens is 1. The molecule has 3 aliphatic rings. The maximum atomic E-state index is 6.04. The molecule has 0 amide bonds. The van der Waals surface area contributed by atoms with Gasteiger partial charge < -0.3 is 20.1 Å². The number of pyridine rings is 1. The third kappa shape index (κ3) is 2.05. The first kappa shape index (κ1) is 12.4. The van der Waals surface area contributed by atoms with Crippen LogP contribution in [0.4, 0.5) is 17.2 Å². The smallest absolute Gasteiger partial charge is 0.135 e. The van der Waals surface area contributed by atoms with Crippen molar-refractivity contribution in [1.29, 1.82) is 0 Å². The topological polar surface area (TPSA) is 55.4 Å². The summed E-state index contributed by atoms with van der Waals surface area (Å²) in [4.78, 5) is 4.41. The molecule has 3 atom stereocenters. The fraction of sp³-hybridized carbons (Fsp3) is 0.353. The number of rotatable bonds is 1. The highest BCUT2D eigenvalue weighted by Crippen LogP contribution is 2.41. The molecule has 5 heteroatoms. The summed E-state index contributed by atoms with van der Waals surface area (Å²) in [6.07, 6.45) is 3.54. The standard InChI is InChI=1S/C17H17N3O2/c1-2-11-8-19-13-6-10(16-9-21-14-7-15(14)22-16)3-4-12(13)20-17(11)18-5-1/h1-6,14-16,19H,7-9H2,(H,18,20). The van der Waals surface area contributed by atoms with Crippen LogP contribution in [0, 0.1) is 0 Å². The van der Waals surface area contributed by atoms with Gasteiger partial charge >= 0.3 is 0 Å². The monoisotopic (exact) mass is 295 g/mol. The van der Waals surface area contributed by atoms with Gasteiger partial charge in [-0.05, 0) is 23.8 Å². The van der Waals surface area contributed by atoms with Crippen molar-refractivity contribution in [3.8, 4) is 0 Å². The molecule has 1 saturated carbocycles. The maximum Gasteiger partial charge on any atom is 0.135 e. The molecule has 1 aliphatic carbocycles. The van der Waals surface area contributed by atoms with Gasteiger partial charge in [0.1, 0.15) is 11.9 Å². The number of benzene rings is 1. The van der Waals surface area contributed by atoms with Gasteiger partial charge in [0.15, 0.2) is 0 Å². The highest BCUT2D eigenvalue weighted by molar-refractivity contribution is 5.77. The highest BCUT2D eigenvalue weighted by Gasteiger charge is 2.45. The molecule has 5 rings (SSSR count). The lowest BCUT2D eigenvalue weighted by Crippen LogP contribution is -2.22. The molecule has 2 aromatic rings. The molecule has 1 aromatic carbocycles. The van der Waals surface area contributed by atoms with Crippen molar-refractivity contribution in [2.24, 2.45) is 0 Å². The third-order valence-electron chi connectivity index (χ3n) is 4.51. The van der Waals surface area contributed by atoms with E-state index in [1.165, 1.54) is 5.56 Å². The van der Waals surface area contributed by atoms with Crippen LogP contribution in [0.2, 0.25) is 0 Å². The summed E-state index contributed by atoms with van der Waals surface area (Å²) in [6.45, 7) is 1.41. The average Bonchev–Trinajstić information content (AvgIpc) is 3.35. The zero-order chi connectivity index (χ0) is 14.5. The molecule has 3 unspecified atom stereocenters. The van der Waals surface area contributed by atoms with Gasteiger partial charge in [-0.1, -0.05) is 12.1 Å². The summed E-state index contributed by atoms with van der Waals surface area (Å²) in [6, 6.07) is 10.4. The van der Waals surface area contributed by atoms with Gasteiger partial charge in [-0.25, -0.2) is 4.98 Å². The van der Waals surface area contributed by atoms with Gasteiger partial charge in [-0.2, -0.15) is 0 Å². The minimum atomic E-state index is 0.0413. The molecule has 5 nitrogen and oxygen atoms in total. The van der Waals surface area contributed by atoms with Gasteiger partial charge in [0.2, 0.25) is 0 Å². The van der Waals surface area contributed by atoms with E-state index in [9.17, 15) is 0 Å². The van der Waals surface area contributed by atoms with Crippen LogP contribution in [0.1, 0.15) is 23.7 Å². The lowest BCUT2D eigenvalue weighted by atomic mass is 10.1. The SMILES string of the molecule is c1cnc2c(c1)CNc1cc(C3COC4CC4O3)ccc1N2. The number of hydrogen-bond acceptors (Lipinski definition) is 5. The molecule has 112 valence electrons. The Morgan fingerprint density at radius 1 is 1.14 bits per heavy atom. The molecule has 3 heterocycles. The summed E-state index contributed by atoms with van der Waals surface area (Å²) in [5, 5.41) is 6.89. The van der Waals surface area contributed by atoms with Gasteiger partial charge in [0, 0.05) is 24.7 Å². The van der Waals surface area contributed by atoms with Crippen molar-refractivity contribution in [2.75, 3.05) is 17.2 Å². The van der Waals surface area contributed by atoms with Crippen molar-refractivity contribution >= 4 is 17.2 Å². The predicted molar refractivity (Wildman–Crippen MR) is 83.3 cm³/mol. The second kappa shape index (κ2) is 4.69. The number of nitrogens with zero attached hydrogens (tertiary/aromatic N) is 1. The Labute approximate surface area is 128 Å². The van der Waals surface area contributed by atoms with E-state index in [4.69, 9.17) is 9.47 Å². The molecular weight excluding hydrogens is 278 g/mol. The zero-order valence-corrected chi connectivity index (χ0v) is 12.1. The minimum absolute atomic E-state index is 0.0413. The summed E-state index contributed by atoms with van der Waals surface area (Å²) >= 11 is 0. The van der Waals surface area contributed by atoms with E-state index in [-0.39, 0.29) is 6.10 Å². The number of anilines is 3. The molecule has 2 N–H and O–H groups in total. The molecule has 0 radical (unpaired) electrons. The van der Waals surface area contributed by atoms with E-state index < -0.39 is 0 Å². The minimum Gasteiger partial charge on any atom is -0.379 e. The van der Waals surface area contributed by atoms with Gasteiger partial charge in [-0.3, -0.25) is 0 Å². The molecule has 0 spiro atoms. The summed E-state index contributed by atoms with van der Waals surface area (Å²) < 4.78 is 11.8. The third-order valence-corrected chi connectivity index (χ3v) is 4.51. The van der Waals surface area contributed by atoms with E-state index in [0.717, 1.165) is 35.7 Å². The Bertz CT molecular complexity index is 734. The quantitative estimate of drug-likeness (QED) is 0.847. The van der Waals surface area contributed by atoms with E-state index in [2.05, 4.69) is 39.9 Å². The van der Waals surface area contributed by atoms with Crippen LogP contribution >= 0.6 is 0 Å².